The molecule has 0 bridgehead atoms. The SMILES string of the molecule is CC(C)(C)OC(=O)Nc1cccc(COc2ccc(Br)c(C=O)c2)c1. The molecule has 2 rings (SSSR count). The van der Waals surface area contributed by atoms with Gasteiger partial charge in [-0.15, -0.1) is 0 Å². The van der Waals surface area contributed by atoms with Gasteiger partial charge in [0.25, 0.3) is 0 Å². The third-order valence-electron chi connectivity index (χ3n) is 3.07. The molecule has 0 spiro atoms. The van der Waals surface area contributed by atoms with Gasteiger partial charge in [0.1, 0.15) is 18.0 Å². The van der Waals surface area contributed by atoms with Crippen molar-refractivity contribution < 1.29 is 19.1 Å². The summed E-state index contributed by atoms with van der Waals surface area (Å²) in [6, 6.07) is 12.5. The van der Waals surface area contributed by atoms with Crippen molar-refractivity contribution in [3.63, 3.8) is 0 Å². The highest BCUT2D eigenvalue weighted by Gasteiger charge is 2.16. The number of carbonyl (C=O) groups is 2. The molecule has 132 valence electrons. The van der Waals surface area contributed by atoms with Crippen LogP contribution in [0.5, 0.6) is 5.75 Å². The molecule has 0 unspecified atom stereocenters. The lowest BCUT2D eigenvalue weighted by atomic mass is 10.2. The van der Waals surface area contributed by atoms with Gasteiger partial charge < -0.3 is 9.47 Å². The lowest BCUT2D eigenvalue weighted by Crippen LogP contribution is -2.27. The molecular formula is C19H20BrNO4. The normalized spacial score (nSPS) is 10.9. The van der Waals surface area contributed by atoms with Crippen molar-refractivity contribution in [3.8, 4) is 5.75 Å². The lowest BCUT2D eigenvalue weighted by molar-refractivity contribution is 0.0636. The topological polar surface area (TPSA) is 64.6 Å². The third-order valence-corrected chi connectivity index (χ3v) is 3.79. The molecule has 0 aromatic heterocycles. The van der Waals surface area contributed by atoms with Crippen LogP contribution in [0.1, 0.15) is 36.7 Å². The first kappa shape index (κ1) is 19.0. The van der Waals surface area contributed by atoms with Crippen molar-refractivity contribution in [2.24, 2.45) is 0 Å². The molecule has 0 aliphatic rings. The zero-order valence-electron chi connectivity index (χ0n) is 14.3. The molecule has 0 saturated heterocycles. The zero-order chi connectivity index (χ0) is 18.4. The lowest BCUT2D eigenvalue weighted by Gasteiger charge is -2.19. The number of benzene rings is 2. The summed E-state index contributed by atoms with van der Waals surface area (Å²) >= 11 is 3.30. The Morgan fingerprint density at radius 1 is 1.20 bits per heavy atom. The number of nitrogens with one attached hydrogen (secondary N) is 1. The molecule has 0 heterocycles. The second-order valence-corrected chi connectivity index (χ2v) is 7.27. The fraction of sp³-hybridized carbons (Fsp3) is 0.263. The summed E-state index contributed by atoms with van der Waals surface area (Å²) in [6.07, 6.45) is 0.261. The maximum Gasteiger partial charge on any atom is 0.412 e. The van der Waals surface area contributed by atoms with E-state index in [0.717, 1.165) is 16.3 Å². The van der Waals surface area contributed by atoms with Gasteiger partial charge in [-0.05, 0) is 56.7 Å². The standard InChI is InChI=1S/C19H20BrNO4/c1-19(2,3)25-18(23)21-15-6-4-5-13(9-15)12-24-16-7-8-17(20)14(10-16)11-22/h4-11H,12H2,1-3H3,(H,21,23). The molecule has 25 heavy (non-hydrogen) atoms. The molecule has 1 N–H and O–H groups in total. The van der Waals surface area contributed by atoms with Crippen molar-refractivity contribution in [1.82, 2.24) is 0 Å². The van der Waals surface area contributed by atoms with Gasteiger partial charge in [0.15, 0.2) is 6.29 Å². The average Bonchev–Trinajstić information content (AvgIpc) is 2.52. The minimum Gasteiger partial charge on any atom is -0.489 e. The summed E-state index contributed by atoms with van der Waals surface area (Å²) in [7, 11) is 0. The molecule has 0 saturated carbocycles. The van der Waals surface area contributed by atoms with Crippen LogP contribution in [0.15, 0.2) is 46.9 Å². The molecule has 0 aliphatic carbocycles. The number of hydrogen-bond donors (Lipinski definition) is 1. The highest BCUT2D eigenvalue weighted by Crippen LogP contribution is 2.22. The van der Waals surface area contributed by atoms with E-state index in [-0.39, 0.29) is 0 Å². The Labute approximate surface area is 155 Å². The predicted octanol–water partition coefficient (Wildman–Crippen LogP) is 5.19. The quantitative estimate of drug-likeness (QED) is 0.695. The number of aldehydes is 1. The number of rotatable bonds is 5. The second kappa shape index (κ2) is 8.16. The highest BCUT2D eigenvalue weighted by molar-refractivity contribution is 9.10. The summed E-state index contributed by atoms with van der Waals surface area (Å²) in [5.74, 6) is 0.593. The van der Waals surface area contributed by atoms with Crippen LogP contribution in [0.4, 0.5) is 10.5 Å². The van der Waals surface area contributed by atoms with Gasteiger partial charge in [-0.2, -0.15) is 0 Å². The predicted molar refractivity (Wildman–Crippen MR) is 100 cm³/mol. The summed E-state index contributed by atoms with van der Waals surface area (Å²) < 4.78 is 11.7. The molecule has 0 aliphatic heterocycles. The van der Waals surface area contributed by atoms with E-state index in [1.807, 2.05) is 39.0 Å². The molecule has 2 aromatic rings. The molecule has 6 heteroatoms. The van der Waals surface area contributed by atoms with Crippen molar-refractivity contribution in [2.75, 3.05) is 5.32 Å². The fourth-order valence-electron chi connectivity index (χ4n) is 2.03. The Balaban J connectivity index is 1.99. The average molecular weight is 406 g/mol. The van der Waals surface area contributed by atoms with Gasteiger partial charge in [0.2, 0.25) is 0 Å². The van der Waals surface area contributed by atoms with E-state index in [1.165, 1.54) is 0 Å². The molecular weight excluding hydrogens is 386 g/mol. The van der Waals surface area contributed by atoms with Crippen molar-refractivity contribution in [1.29, 1.82) is 0 Å². The highest BCUT2D eigenvalue weighted by atomic mass is 79.9. The van der Waals surface area contributed by atoms with Crippen LogP contribution in [0.25, 0.3) is 0 Å². The number of carbonyl (C=O) groups excluding carboxylic acids is 2. The Kier molecular flexibility index (Phi) is 6.20. The van der Waals surface area contributed by atoms with Gasteiger partial charge in [-0.3, -0.25) is 10.1 Å². The van der Waals surface area contributed by atoms with Crippen LogP contribution in [0.2, 0.25) is 0 Å². The van der Waals surface area contributed by atoms with Crippen molar-refractivity contribution in [3.05, 3.63) is 58.1 Å². The van der Waals surface area contributed by atoms with Crippen LogP contribution in [0.3, 0.4) is 0 Å². The van der Waals surface area contributed by atoms with E-state index in [1.54, 1.807) is 24.3 Å². The maximum atomic E-state index is 11.8. The zero-order valence-corrected chi connectivity index (χ0v) is 15.9. The van der Waals surface area contributed by atoms with Gasteiger partial charge in [-0.25, -0.2) is 4.79 Å². The van der Waals surface area contributed by atoms with Crippen LogP contribution in [0, 0.1) is 0 Å². The Morgan fingerprint density at radius 2 is 1.96 bits per heavy atom. The van der Waals surface area contributed by atoms with Crippen molar-refractivity contribution in [2.45, 2.75) is 33.0 Å². The number of halogens is 1. The number of ether oxygens (including phenoxy) is 2. The van der Waals surface area contributed by atoms with Crippen LogP contribution in [-0.2, 0) is 11.3 Å². The minimum atomic E-state index is -0.553. The van der Waals surface area contributed by atoms with E-state index in [4.69, 9.17) is 9.47 Å². The molecule has 0 fully saturated rings. The molecule has 1 amide bonds. The first-order valence-electron chi connectivity index (χ1n) is 7.73. The Hall–Kier alpha value is -2.34. The van der Waals surface area contributed by atoms with Gasteiger partial charge in [0, 0.05) is 15.7 Å². The van der Waals surface area contributed by atoms with Crippen LogP contribution < -0.4 is 10.1 Å². The van der Waals surface area contributed by atoms with E-state index < -0.39 is 11.7 Å². The first-order chi connectivity index (χ1) is 11.8. The summed E-state index contributed by atoms with van der Waals surface area (Å²) in [4.78, 5) is 22.8. The summed E-state index contributed by atoms with van der Waals surface area (Å²) in [6.45, 7) is 5.73. The first-order valence-corrected chi connectivity index (χ1v) is 8.52. The smallest absolute Gasteiger partial charge is 0.412 e. The third kappa shape index (κ3) is 6.23. The van der Waals surface area contributed by atoms with E-state index in [0.29, 0.717) is 23.6 Å². The monoisotopic (exact) mass is 405 g/mol. The minimum absolute atomic E-state index is 0.309. The molecule has 5 nitrogen and oxygen atoms in total. The largest absolute Gasteiger partial charge is 0.489 e. The Bertz CT molecular complexity index is 768. The van der Waals surface area contributed by atoms with E-state index in [2.05, 4.69) is 21.2 Å². The number of hydrogen-bond acceptors (Lipinski definition) is 4. The molecule has 2 aromatic carbocycles. The second-order valence-electron chi connectivity index (χ2n) is 6.42. The summed E-state index contributed by atoms with van der Waals surface area (Å²) in [5, 5.41) is 2.69. The number of amides is 1. The number of anilines is 1. The van der Waals surface area contributed by atoms with Gasteiger partial charge in [0.05, 0.1) is 0 Å². The maximum absolute atomic E-state index is 11.8. The molecule has 0 atom stereocenters. The van der Waals surface area contributed by atoms with Crippen LogP contribution >= 0.6 is 15.9 Å². The fourth-order valence-corrected chi connectivity index (χ4v) is 2.37. The van der Waals surface area contributed by atoms with Gasteiger partial charge >= 0.3 is 6.09 Å². The van der Waals surface area contributed by atoms with Crippen molar-refractivity contribution >= 4 is 34.0 Å². The van der Waals surface area contributed by atoms with Gasteiger partial charge in [-0.1, -0.05) is 28.1 Å². The molecule has 0 radical (unpaired) electrons. The van der Waals surface area contributed by atoms with Crippen LogP contribution in [-0.4, -0.2) is 18.0 Å². The van der Waals surface area contributed by atoms with E-state index >= 15 is 0 Å². The van der Waals surface area contributed by atoms with E-state index in [9.17, 15) is 9.59 Å². The summed E-state index contributed by atoms with van der Waals surface area (Å²) in [5.41, 5.74) is 1.48. The Morgan fingerprint density at radius 3 is 2.64 bits per heavy atom.